The molecule has 0 saturated heterocycles. The van der Waals surface area contributed by atoms with Crippen LogP contribution in [0.4, 0.5) is 13.2 Å². The van der Waals surface area contributed by atoms with Gasteiger partial charge < -0.3 is 0 Å². The van der Waals surface area contributed by atoms with Gasteiger partial charge in [0, 0.05) is 17.7 Å². The summed E-state index contributed by atoms with van der Waals surface area (Å²) in [4.78, 5) is -0.157. The molecule has 0 aliphatic carbocycles. The first-order chi connectivity index (χ1) is 13.3. The Morgan fingerprint density at radius 1 is 1.00 bits per heavy atom. The highest BCUT2D eigenvalue weighted by atomic mass is 32.2. The summed E-state index contributed by atoms with van der Waals surface area (Å²) in [5.41, 5.74) is 2.56. The molecule has 9 heteroatoms. The van der Waals surface area contributed by atoms with Gasteiger partial charge in [-0.2, -0.15) is 22.6 Å². The largest absolute Gasteiger partial charge is 0.416 e. The number of aromatic nitrogens is 2. The van der Waals surface area contributed by atoms with E-state index in [0.717, 1.165) is 46.6 Å². The van der Waals surface area contributed by atoms with Crippen molar-refractivity contribution in [3.05, 3.63) is 82.7 Å². The average Bonchev–Trinajstić information content (AvgIpc) is 3.23. The zero-order valence-corrected chi connectivity index (χ0v) is 15.1. The SMILES string of the molecule is O=S(=O)(c1ccc(C(F)(F)F)cc1)N1[C@@H]2c3ccccc3[C@H]1Cc1[nH]ncc12. The van der Waals surface area contributed by atoms with Crippen molar-refractivity contribution in [2.75, 3.05) is 0 Å². The Morgan fingerprint density at radius 2 is 1.68 bits per heavy atom. The standard InChI is InChI=1S/C19H14F3N3O2S/c20-19(21,22)11-5-7-12(8-6-11)28(26,27)25-17-9-16-15(10-23-24-16)18(25)14-4-2-1-3-13(14)17/h1-8,10,17-18H,9H2,(H,23,24)/t17-,18-/m1/s1. The lowest BCUT2D eigenvalue weighted by Crippen LogP contribution is -2.37. The quantitative estimate of drug-likeness (QED) is 0.705. The topological polar surface area (TPSA) is 66.1 Å². The lowest BCUT2D eigenvalue weighted by atomic mass is 10.0. The number of benzene rings is 2. The fourth-order valence-corrected chi connectivity index (χ4v) is 5.93. The van der Waals surface area contributed by atoms with Crippen LogP contribution in [-0.2, 0) is 22.6 Å². The molecule has 0 saturated carbocycles. The van der Waals surface area contributed by atoms with Crippen molar-refractivity contribution in [2.24, 2.45) is 0 Å². The Bertz CT molecular complexity index is 1170. The normalized spacial score (nSPS) is 21.4. The number of nitrogens with zero attached hydrogens (tertiary/aromatic N) is 2. The van der Waals surface area contributed by atoms with Gasteiger partial charge in [-0.3, -0.25) is 5.10 Å². The van der Waals surface area contributed by atoms with E-state index < -0.39 is 33.8 Å². The number of aromatic amines is 1. The molecule has 0 radical (unpaired) electrons. The van der Waals surface area contributed by atoms with Crippen LogP contribution in [0.25, 0.3) is 0 Å². The van der Waals surface area contributed by atoms with E-state index in [1.54, 1.807) is 6.20 Å². The molecular formula is C19H14F3N3O2S. The second kappa shape index (κ2) is 5.68. The van der Waals surface area contributed by atoms with Crippen LogP contribution in [0.2, 0.25) is 0 Å². The van der Waals surface area contributed by atoms with Gasteiger partial charge in [0.1, 0.15) is 0 Å². The van der Waals surface area contributed by atoms with Crippen LogP contribution in [-0.4, -0.2) is 22.9 Å². The molecule has 2 aliphatic rings. The molecule has 2 atom stereocenters. The first-order valence-electron chi connectivity index (χ1n) is 8.60. The number of nitrogens with one attached hydrogen (secondary N) is 1. The molecule has 2 aliphatic heterocycles. The summed E-state index contributed by atoms with van der Waals surface area (Å²) in [7, 11) is -4.02. The fraction of sp³-hybridized carbons (Fsp3) is 0.211. The number of rotatable bonds is 2. The molecule has 5 rings (SSSR count). The van der Waals surface area contributed by atoms with Crippen molar-refractivity contribution in [2.45, 2.75) is 29.6 Å². The third-order valence-corrected chi connectivity index (χ3v) is 7.30. The van der Waals surface area contributed by atoms with Gasteiger partial charge in [-0.05, 0) is 35.4 Å². The summed E-state index contributed by atoms with van der Waals surface area (Å²) in [6, 6.07) is 10.2. The maximum Gasteiger partial charge on any atom is 0.416 e. The molecule has 28 heavy (non-hydrogen) atoms. The smallest absolute Gasteiger partial charge is 0.282 e. The molecule has 0 amide bonds. The Balaban J connectivity index is 1.63. The van der Waals surface area contributed by atoms with Crippen molar-refractivity contribution in [3.63, 3.8) is 0 Å². The summed E-state index contributed by atoms with van der Waals surface area (Å²) >= 11 is 0. The minimum absolute atomic E-state index is 0.157. The van der Waals surface area contributed by atoms with E-state index in [4.69, 9.17) is 0 Å². The van der Waals surface area contributed by atoms with Crippen molar-refractivity contribution in [1.82, 2.24) is 14.5 Å². The van der Waals surface area contributed by atoms with Gasteiger partial charge in [0.2, 0.25) is 10.0 Å². The van der Waals surface area contributed by atoms with Crippen LogP contribution < -0.4 is 0 Å². The fourth-order valence-electron chi connectivity index (χ4n) is 4.18. The molecule has 3 heterocycles. The zero-order chi connectivity index (χ0) is 19.7. The lowest BCUT2D eigenvalue weighted by molar-refractivity contribution is -0.137. The Morgan fingerprint density at radius 3 is 2.36 bits per heavy atom. The number of halogens is 3. The van der Waals surface area contributed by atoms with Crippen LogP contribution in [0.15, 0.2) is 59.6 Å². The van der Waals surface area contributed by atoms with Crippen molar-refractivity contribution in [1.29, 1.82) is 0 Å². The summed E-state index contributed by atoms with van der Waals surface area (Å²) in [6.07, 6.45) is -2.47. The van der Waals surface area contributed by atoms with E-state index in [1.807, 2.05) is 24.3 Å². The summed E-state index contributed by atoms with van der Waals surface area (Å²) in [5, 5.41) is 6.98. The van der Waals surface area contributed by atoms with E-state index in [9.17, 15) is 21.6 Å². The highest BCUT2D eigenvalue weighted by Crippen LogP contribution is 2.53. The van der Waals surface area contributed by atoms with E-state index in [1.165, 1.54) is 4.31 Å². The molecule has 1 N–H and O–H groups in total. The molecule has 1 aromatic heterocycles. The Kier molecular flexibility index (Phi) is 3.54. The predicted molar refractivity (Wildman–Crippen MR) is 93.8 cm³/mol. The number of sulfonamides is 1. The zero-order valence-electron chi connectivity index (χ0n) is 14.3. The molecule has 0 spiro atoms. The van der Waals surface area contributed by atoms with Gasteiger partial charge in [-0.25, -0.2) is 8.42 Å². The summed E-state index contributed by atoms with van der Waals surface area (Å²) < 4.78 is 66.8. The van der Waals surface area contributed by atoms with Gasteiger partial charge in [-0.15, -0.1) is 0 Å². The third-order valence-electron chi connectivity index (χ3n) is 5.41. The second-order valence-electron chi connectivity index (χ2n) is 6.91. The average molecular weight is 405 g/mol. The van der Waals surface area contributed by atoms with Gasteiger partial charge in [0.25, 0.3) is 0 Å². The predicted octanol–water partition coefficient (Wildman–Crippen LogP) is 3.82. The first-order valence-corrected chi connectivity index (χ1v) is 10.0. The number of hydrogen-bond acceptors (Lipinski definition) is 3. The van der Waals surface area contributed by atoms with Crippen LogP contribution in [0.3, 0.4) is 0 Å². The molecule has 5 nitrogen and oxygen atoms in total. The maximum absolute atomic E-state index is 13.4. The lowest BCUT2D eigenvalue weighted by Gasteiger charge is -2.33. The highest BCUT2D eigenvalue weighted by Gasteiger charge is 2.50. The van der Waals surface area contributed by atoms with E-state index in [2.05, 4.69) is 10.2 Å². The van der Waals surface area contributed by atoms with Gasteiger partial charge >= 0.3 is 6.18 Å². The van der Waals surface area contributed by atoms with E-state index in [-0.39, 0.29) is 4.90 Å². The Labute approximate surface area is 158 Å². The Hall–Kier alpha value is -2.65. The molecule has 144 valence electrons. The van der Waals surface area contributed by atoms with Gasteiger partial charge in [0.15, 0.2) is 0 Å². The van der Waals surface area contributed by atoms with Crippen LogP contribution in [0, 0.1) is 0 Å². The van der Waals surface area contributed by atoms with E-state index >= 15 is 0 Å². The van der Waals surface area contributed by atoms with Crippen LogP contribution in [0.1, 0.15) is 40.0 Å². The number of alkyl halides is 3. The molecule has 2 bridgehead atoms. The number of H-pyrrole nitrogens is 1. The third kappa shape index (κ3) is 2.36. The van der Waals surface area contributed by atoms with Gasteiger partial charge in [-0.1, -0.05) is 24.3 Å². The molecular weight excluding hydrogens is 391 g/mol. The molecule has 0 unspecified atom stereocenters. The number of fused-ring (bicyclic) bond motifs is 7. The monoisotopic (exact) mass is 405 g/mol. The van der Waals surface area contributed by atoms with Crippen molar-refractivity contribution < 1.29 is 21.6 Å². The van der Waals surface area contributed by atoms with Gasteiger partial charge in [0.05, 0.1) is 28.7 Å². The minimum Gasteiger partial charge on any atom is -0.282 e. The van der Waals surface area contributed by atoms with Crippen LogP contribution in [0.5, 0.6) is 0 Å². The second-order valence-corrected chi connectivity index (χ2v) is 8.76. The first kappa shape index (κ1) is 17.4. The molecule has 2 aromatic carbocycles. The molecule has 0 fully saturated rings. The summed E-state index contributed by atoms with van der Waals surface area (Å²) in [5.74, 6) is 0. The van der Waals surface area contributed by atoms with E-state index in [0.29, 0.717) is 6.42 Å². The highest BCUT2D eigenvalue weighted by molar-refractivity contribution is 7.89. The number of hydrogen-bond donors (Lipinski definition) is 1. The minimum atomic E-state index is -4.52. The summed E-state index contributed by atoms with van der Waals surface area (Å²) in [6.45, 7) is 0. The maximum atomic E-state index is 13.4. The van der Waals surface area contributed by atoms with Crippen LogP contribution >= 0.6 is 0 Å². The van der Waals surface area contributed by atoms with Crippen molar-refractivity contribution >= 4 is 10.0 Å². The van der Waals surface area contributed by atoms with Crippen molar-refractivity contribution in [3.8, 4) is 0 Å². The molecule has 3 aromatic rings.